The molecule has 2 saturated carbocycles. The number of amides is 2. The van der Waals surface area contributed by atoms with Crippen LogP contribution < -0.4 is 21.9 Å². The first kappa shape index (κ1) is 26.7. The summed E-state index contributed by atoms with van der Waals surface area (Å²) in [4.78, 5) is 52.5. The van der Waals surface area contributed by atoms with Crippen molar-refractivity contribution in [3.63, 3.8) is 0 Å². The summed E-state index contributed by atoms with van der Waals surface area (Å²) in [6.07, 6.45) is 5.04. The van der Waals surface area contributed by atoms with Crippen LogP contribution in [0.3, 0.4) is 0 Å². The van der Waals surface area contributed by atoms with Crippen LogP contribution in [0.1, 0.15) is 61.4 Å². The normalized spacial score (nSPS) is 18.9. The molecule has 2 amide bonds. The maximum atomic E-state index is 13.4. The molecule has 2 N–H and O–H groups in total. The van der Waals surface area contributed by atoms with Crippen LogP contribution in [-0.4, -0.2) is 27.0 Å². The van der Waals surface area contributed by atoms with E-state index in [0.29, 0.717) is 54.0 Å². The van der Waals surface area contributed by atoms with Crippen molar-refractivity contribution in [2.45, 2.75) is 64.6 Å². The van der Waals surface area contributed by atoms with Crippen molar-refractivity contribution in [2.75, 3.05) is 5.32 Å². The first-order valence-corrected chi connectivity index (χ1v) is 13.8. The average Bonchev–Trinajstić information content (AvgIpc) is 3.76. The number of halogens is 1. The van der Waals surface area contributed by atoms with E-state index < -0.39 is 5.92 Å². The van der Waals surface area contributed by atoms with Gasteiger partial charge in [0.15, 0.2) is 0 Å². The van der Waals surface area contributed by atoms with Crippen LogP contribution in [0.15, 0.2) is 46.0 Å². The molecule has 0 bridgehead atoms. The smallest absolute Gasteiger partial charge is 0.331 e. The van der Waals surface area contributed by atoms with Crippen molar-refractivity contribution in [1.82, 2.24) is 14.5 Å². The molecular formula is C29H30ClN5O4. The maximum Gasteiger partial charge on any atom is 0.331 e. The van der Waals surface area contributed by atoms with E-state index in [0.717, 1.165) is 25.7 Å². The van der Waals surface area contributed by atoms with Crippen molar-refractivity contribution in [1.29, 1.82) is 5.26 Å². The molecule has 2 aliphatic carbocycles. The highest BCUT2D eigenvalue weighted by Gasteiger charge is 2.32. The zero-order valence-corrected chi connectivity index (χ0v) is 22.5. The molecule has 9 nitrogen and oxygen atoms in total. The molecule has 0 spiro atoms. The topological polar surface area (TPSA) is 126 Å². The Morgan fingerprint density at radius 1 is 1.05 bits per heavy atom. The Labute approximate surface area is 230 Å². The molecule has 0 aliphatic heterocycles. The summed E-state index contributed by atoms with van der Waals surface area (Å²) < 4.78 is 2.91. The summed E-state index contributed by atoms with van der Waals surface area (Å²) in [5, 5.41) is 15.6. The van der Waals surface area contributed by atoms with E-state index in [1.807, 2.05) is 13.0 Å². The van der Waals surface area contributed by atoms with Gasteiger partial charge in [-0.05, 0) is 74.9 Å². The highest BCUT2D eigenvalue weighted by atomic mass is 35.5. The minimum atomic E-state index is -0.455. The number of hydrogen-bond donors (Lipinski definition) is 2. The number of anilines is 1. The fourth-order valence-corrected chi connectivity index (χ4v) is 5.60. The third kappa shape index (κ3) is 5.48. The number of benzene rings is 2. The minimum Gasteiger partial charge on any atom is -0.349 e. The van der Waals surface area contributed by atoms with Crippen molar-refractivity contribution in [3.05, 3.63) is 73.4 Å². The Kier molecular flexibility index (Phi) is 7.58. The largest absolute Gasteiger partial charge is 0.349 e. The van der Waals surface area contributed by atoms with Gasteiger partial charge in [-0.1, -0.05) is 24.4 Å². The first-order chi connectivity index (χ1) is 18.8. The second-order valence-electron chi connectivity index (χ2n) is 10.4. The zero-order valence-electron chi connectivity index (χ0n) is 21.7. The molecule has 202 valence electrons. The van der Waals surface area contributed by atoms with E-state index in [4.69, 9.17) is 16.9 Å². The molecule has 2 aromatic carbocycles. The molecule has 2 aliphatic rings. The Morgan fingerprint density at radius 3 is 2.51 bits per heavy atom. The van der Waals surface area contributed by atoms with Gasteiger partial charge in [-0.3, -0.25) is 23.5 Å². The minimum absolute atomic E-state index is 0.198. The van der Waals surface area contributed by atoms with Gasteiger partial charge < -0.3 is 10.6 Å². The second-order valence-corrected chi connectivity index (χ2v) is 10.8. The molecule has 0 saturated heterocycles. The molecular weight excluding hydrogens is 518 g/mol. The lowest BCUT2D eigenvalue weighted by Gasteiger charge is -2.31. The van der Waals surface area contributed by atoms with Crippen LogP contribution in [0.25, 0.3) is 10.9 Å². The SMILES string of the molecule is CCn1c(=O)n(CC2CC2)c(=O)c2cc(NC(=O)[C@@H]3CCCC[C@@H]3NC(=O)c3ccc(C#N)c(Cl)c3)ccc21. The molecule has 39 heavy (non-hydrogen) atoms. The number of aromatic nitrogens is 2. The van der Waals surface area contributed by atoms with Crippen molar-refractivity contribution >= 4 is 40.0 Å². The summed E-state index contributed by atoms with van der Waals surface area (Å²) in [6, 6.07) is 11.1. The summed E-state index contributed by atoms with van der Waals surface area (Å²) >= 11 is 6.09. The molecule has 10 heteroatoms. The highest BCUT2D eigenvalue weighted by Crippen LogP contribution is 2.30. The van der Waals surface area contributed by atoms with Crippen LogP contribution in [0.4, 0.5) is 5.69 Å². The number of nitrogens with zero attached hydrogens (tertiary/aromatic N) is 3. The van der Waals surface area contributed by atoms with E-state index >= 15 is 0 Å². The first-order valence-electron chi connectivity index (χ1n) is 13.4. The van der Waals surface area contributed by atoms with Crippen LogP contribution in [-0.2, 0) is 17.9 Å². The molecule has 3 aromatic rings. The van der Waals surface area contributed by atoms with E-state index in [1.165, 1.54) is 16.7 Å². The van der Waals surface area contributed by atoms with Gasteiger partial charge >= 0.3 is 5.69 Å². The number of hydrogen-bond acceptors (Lipinski definition) is 5. The van der Waals surface area contributed by atoms with Crippen LogP contribution >= 0.6 is 11.6 Å². The van der Waals surface area contributed by atoms with Gasteiger partial charge in [0.2, 0.25) is 5.91 Å². The van der Waals surface area contributed by atoms with Gasteiger partial charge in [-0.15, -0.1) is 0 Å². The summed E-state index contributed by atoms with van der Waals surface area (Å²) in [6.45, 7) is 2.71. The Balaban J connectivity index is 1.37. The number of aryl methyl sites for hydroxylation is 1. The molecule has 2 atom stereocenters. The predicted molar refractivity (Wildman–Crippen MR) is 149 cm³/mol. The zero-order chi connectivity index (χ0) is 27.7. The van der Waals surface area contributed by atoms with Crippen molar-refractivity contribution in [3.8, 4) is 6.07 Å². The quantitative estimate of drug-likeness (QED) is 0.461. The van der Waals surface area contributed by atoms with Crippen LogP contribution in [0, 0.1) is 23.2 Å². The Hall–Kier alpha value is -3.90. The van der Waals surface area contributed by atoms with Crippen molar-refractivity contribution in [2.24, 2.45) is 11.8 Å². The van der Waals surface area contributed by atoms with E-state index in [9.17, 15) is 19.2 Å². The molecule has 5 rings (SSSR count). The second kappa shape index (κ2) is 11.1. The van der Waals surface area contributed by atoms with E-state index in [2.05, 4.69) is 10.6 Å². The van der Waals surface area contributed by atoms with E-state index in [1.54, 1.807) is 28.8 Å². The van der Waals surface area contributed by atoms with Gasteiger partial charge in [0, 0.05) is 30.4 Å². The molecule has 1 heterocycles. The van der Waals surface area contributed by atoms with Gasteiger partial charge in [-0.2, -0.15) is 5.26 Å². The lowest BCUT2D eigenvalue weighted by molar-refractivity contribution is -0.121. The number of nitriles is 1. The third-order valence-electron chi connectivity index (χ3n) is 7.72. The summed E-state index contributed by atoms with van der Waals surface area (Å²) in [5.41, 5.74) is 0.978. The predicted octanol–water partition coefficient (Wildman–Crippen LogP) is 4.05. The highest BCUT2D eigenvalue weighted by molar-refractivity contribution is 6.32. The number of carbonyl (C=O) groups excluding carboxylic acids is 2. The third-order valence-corrected chi connectivity index (χ3v) is 8.03. The number of rotatable bonds is 7. The van der Waals surface area contributed by atoms with Gasteiger partial charge in [0.25, 0.3) is 11.5 Å². The van der Waals surface area contributed by atoms with Crippen LogP contribution in [0.5, 0.6) is 0 Å². The Morgan fingerprint density at radius 2 is 1.82 bits per heavy atom. The van der Waals surface area contributed by atoms with Crippen LogP contribution in [0.2, 0.25) is 5.02 Å². The van der Waals surface area contributed by atoms with Crippen molar-refractivity contribution < 1.29 is 9.59 Å². The lowest BCUT2D eigenvalue weighted by atomic mass is 9.83. The standard InChI is InChI=1S/C29H30ClN5O4/c1-2-34-25-12-11-20(14-22(25)28(38)35(29(34)39)16-17-7-8-17)32-27(37)21-5-3-4-6-24(21)33-26(36)18-9-10-19(15-31)23(30)13-18/h9-14,17,21,24H,2-8,16H2,1H3,(H,32,37)(H,33,36)/t21-,24+/m1/s1. The number of nitrogens with one attached hydrogen (secondary N) is 2. The van der Waals surface area contributed by atoms with E-state index in [-0.39, 0.29) is 39.7 Å². The van der Waals surface area contributed by atoms with Gasteiger partial charge in [0.05, 0.1) is 27.4 Å². The maximum absolute atomic E-state index is 13.4. The monoisotopic (exact) mass is 547 g/mol. The molecule has 2 fully saturated rings. The summed E-state index contributed by atoms with van der Waals surface area (Å²) in [7, 11) is 0. The molecule has 1 aromatic heterocycles. The Bertz CT molecular complexity index is 1610. The summed E-state index contributed by atoms with van der Waals surface area (Å²) in [5.74, 6) is -0.687. The number of fused-ring (bicyclic) bond motifs is 1. The average molecular weight is 548 g/mol. The molecule has 0 unspecified atom stereocenters. The van der Waals surface area contributed by atoms with Gasteiger partial charge in [0.1, 0.15) is 6.07 Å². The lowest BCUT2D eigenvalue weighted by Crippen LogP contribution is -2.46. The fraction of sp³-hybridized carbons (Fsp3) is 0.414. The number of carbonyl (C=O) groups is 2. The van der Waals surface area contributed by atoms with Gasteiger partial charge in [-0.25, -0.2) is 4.79 Å². The molecule has 0 radical (unpaired) electrons. The fourth-order valence-electron chi connectivity index (χ4n) is 5.38.